The predicted octanol–water partition coefficient (Wildman–Crippen LogP) is 3.00. The number of hydrogen-bond acceptors (Lipinski definition) is 6. The van der Waals surface area contributed by atoms with Crippen LogP contribution in [0.15, 0.2) is 48.7 Å². The Morgan fingerprint density at radius 3 is 2.76 bits per heavy atom. The van der Waals surface area contributed by atoms with Gasteiger partial charge in [0.15, 0.2) is 12.4 Å². The number of nitrogens with one attached hydrogen (secondary N) is 4. The molecule has 29 heavy (non-hydrogen) atoms. The second-order valence-electron chi connectivity index (χ2n) is 6.84. The molecule has 4 N–H and O–H groups in total. The maximum atomic E-state index is 11.7. The van der Waals surface area contributed by atoms with Crippen LogP contribution < -0.4 is 15.4 Å². The Morgan fingerprint density at radius 1 is 1.14 bits per heavy atom. The van der Waals surface area contributed by atoms with Crippen LogP contribution in [-0.4, -0.2) is 43.9 Å². The van der Waals surface area contributed by atoms with Gasteiger partial charge < -0.3 is 15.4 Å². The van der Waals surface area contributed by atoms with Gasteiger partial charge in [0, 0.05) is 22.7 Å². The molecule has 1 amide bonds. The van der Waals surface area contributed by atoms with Crippen LogP contribution in [0.2, 0.25) is 0 Å². The number of carbonyl (C=O) groups excluding carboxylic acids is 1. The van der Waals surface area contributed by atoms with Crippen molar-refractivity contribution in [2.75, 3.05) is 11.9 Å². The predicted molar refractivity (Wildman–Crippen MR) is 110 cm³/mol. The smallest absolute Gasteiger partial charge is 0.258 e. The van der Waals surface area contributed by atoms with E-state index < -0.39 is 0 Å². The fourth-order valence-electron chi connectivity index (χ4n) is 2.82. The van der Waals surface area contributed by atoms with E-state index in [2.05, 4.69) is 36.0 Å². The fraction of sp³-hybridized carbons (Fsp3) is 0.200. The molecule has 148 valence electrons. The number of hydrogen-bond donors (Lipinski definition) is 4. The van der Waals surface area contributed by atoms with Crippen molar-refractivity contribution in [2.24, 2.45) is 0 Å². The van der Waals surface area contributed by atoms with E-state index >= 15 is 0 Å². The molecule has 0 radical (unpaired) electrons. The highest BCUT2D eigenvalue weighted by molar-refractivity contribution is 5.82. The average molecular weight is 391 g/mol. The highest BCUT2D eigenvalue weighted by Crippen LogP contribution is 2.22. The lowest BCUT2D eigenvalue weighted by Gasteiger charge is -2.09. The molecule has 2 aromatic heterocycles. The third-order valence-corrected chi connectivity index (χ3v) is 4.13. The third kappa shape index (κ3) is 4.52. The van der Waals surface area contributed by atoms with E-state index in [0.717, 1.165) is 22.2 Å². The van der Waals surface area contributed by atoms with Crippen molar-refractivity contribution >= 4 is 28.4 Å². The highest BCUT2D eigenvalue weighted by atomic mass is 16.5. The summed E-state index contributed by atoms with van der Waals surface area (Å²) >= 11 is 0. The Hall–Kier alpha value is -3.88. The van der Waals surface area contributed by atoms with Gasteiger partial charge in [0.1, 0.15) is 5.75 Å². The van der Waals surface area contributed by atoms with Crippen LogP contribution in [-0.2, 0) is 4.79 Å². The minimum Gasteiger partial charge on any atom is -0.484 e. The van der Waals surface area contributed by atoms with Gasteiger partial charge in [-0.1, -0.05) is 0 Å². The highest BCUT2D eigenvalue weighted by Gasteiger charge is 2.08. The zero-order valence-corrected chi connectivity index (χ0v) is 16.1. The molecular formula is C20H21N7O2. The number of H-pyrrole nitrogens is 2. The molecule has 0 bridgehead atoms. The first kappa shape index (κ1) is 18.5. The van der Waals surface area contributed by atoms with Crippen LogP contribution >= 0.6 is 0 Å². The van der Waals surface area contributed by atoms with Crippen molar-refractivity contribution in [1.29, 1.82) is 0 Å². The van der Waals surface area contributed by atoms with Gasteiger partial charge in [0.2, 0.25) is 5.95 Å². The number of anilines is 2. The van der Waals surface area contributed by atoms with Gasteiger partial charge in [0.05, 0.1) is 11.7 Å². The number of rotatable bonds is 7. The quantitative estimate of drug-likeness (QED) is 0.384. The number of ether oxygens (including phenoxy) is 1. The van der Waals surface area contributed by atoms with Crippen molar-refractivity contribution in [1.82, 2.24) is 30.7 Å². The lowest BCUT2D eigenvalue weighted by atomic mass is 10.2. The normalized spacial score (nSPS) is 11.0. The van der Waals surface area contributed by atoms with Crippen molar-refractivity contribution < 1.29 is 9.53 Å². The van der Waals surface area contributed by atoms with E-state index in [9.17, 15) is 4.79 Å². The summed E-state index contributed by atoms with van der Waals surface area (Å²) in [4.78, 5) is 16.1. The van der Waals surface area contributed by atoms with E-state index in [4.69, 9.17) is 4.74 Å². The molecule has 9 heteroatoms. The molecule has 4 rings (SSSR count). The van der Waals surface area contributed by atoms with Crippen LogP contribution in [0.5, 0.6) is 5.75 Å². The summed E-state index contributed by atoms with van der Waals surface area (Å²) in [5.41, 5.74) is 2.69. The molecule has 0 unspecified atom stereocenters. The molecule has 2 heterocycles. The molecule has 4 aromatic rings. The second-order valence-corrected chi connectivity index (χ2v) is 6.84. The lowest BCUT2D eigenvalue weighted by Crippen LogP contribution is -2.34. The monoisotopic (exact) mass is 391 g/mol. The van der Waals surface area contributed by atoms with Gasteiger partial charge >= 0.3 is 0 Å². The Kier molecular flexibility index (Phi) is 5.10. The zero-order chi connectivity index (χ0) is 20.2. The molecule has 0 aliphatic heterocycles. The van der Waals surface area contributed by atoms with Gasteiger partial charge in [0.25, 0.3) is 5.91 Å². The second kappa shape index (κ2) is 8.01. The molecule has 9 nitrogen and oxygen atoms in total. The standard InChI is InChI=1S/C20H21N7O2/c1-12(2)22-18(28)11-29-16-6-3-13(4-7-16)19-24-20(27-26-19)23-15-5-8-17-14(9-15)10-21-25-17/h3-10,12H,11H2,1-2H3,(H,21,25)(H,22,28)(H2,23,24,26,27). The molecule has 0 spiro atoms. The van der Waals surface area contributed by atoms with E-state index in [0.29, 0.717) is 17.5 Å². The van der Waals surface area contributed by atoms with E-state index in [1.165, 1.54) is 0 Å². The van der Waals surface area contributed by atoms with Crippen LogP contribution in [0.25, 0.3) is 22.3 Å². The van der Waals surface area contributed by atoms with Gasteiger partial charge in [-0.3, -0.25) is 15.0 Å². The number of fused-ring (bicyclic) bond motifs is 1. The number of benzene rings is 2. The van der Waals surface area contributed by atoms with E-state index in [1.54, 1.807) is 18.3 Å². The van der Waals surface area contributed by atoms with Gasteiger partial charge in [-0.2, -0.15) is 10.1 Å². The van der Waals surface area contributed by atoms with Crippen molar-refractivity contribution in [3.05, 3.63) is 48.7 Å². The van der Waals surface area contributed by atoms with Crippen molar-refractivity contribution in [3.8, 4) is 17.1 Å². The molecule has 0 atom stereocenters. The number of aromatic amines is 2. The van der Waals surface area contributed by atoms with Gasteiger partial charge in [-0.25, -0.2) is 0 Å². The van der Waals surface area contributed by atoms with E-state index in [-0.39, 0.29) is 18.6 Å². The molecule has 2 aromatic carbocycles. The van der Waals surface area contributed by atoms with Gasteiger partial charge in [-0.15, -0.1) is 5.10 Å². The fourth-order valence-corrected chi connectivity index (χ4v) is 2.82. The number of carbonyl (C=O) groups is 1. The first-order valence-electron chi connectivity index (χ1n) is 9.22. The molecule has 0 aliphatic rings. The average Bonchev–Trinajstić information content (AvgIpc) is 3.35. The Bertz CT molecular complexity index is 1120. The summed E-state index contributed by atoms with van der Waals surface area (Å²) in [5.74, 6) is 1.55. The Labute approximate surface area is 166 Å². The van der Waals surface area contributed by atoms with Crippen molar-refractivity contribution in [3.63, 3.8) is 0 Å². The summed E-state index contributed by atoms with van der Waals surface area (Å²) in [5, 5.41) is 21.0. The molecular weight excluding hydrogens is 370 g/mol. The SMILES string of the molecule is CC(C)NC(=O)COc1ccc(-c2nc(Nc3ccc4[nH]ncc4c3)n[nH]2)cc1. The summed E-state index contributed by atoms with van der Waals surface area (Å²) in [6.45, 7) is 3.79. The first-order valence-corrected chi connectivity index (χ1v) is 9.22. The Balaban J connectivity index is 1.39. The topological polar surface area (TPSA) is 121 Å². The minimum absolute atomic E-state index is 0.0189. The van der Waals surface area contributed by atoms with Crippen LogP contribution in [0.4, 0.5) is 11.6 Å². The summed E-state index contributed by atoms with van der Waals surface area (Å²) in [6.07, 6.45) is 1.76. The lowest BCUT2D eigenvalue weighted by molar-refractivity contribution is -0.123. The number of aromatic nitrogens is 5. The molecule has 0 saturated heterocycles. The minimum atomic E-state index is -0.149. The molecule has 0 fully saturated rings. The number of nitrogens with zero attached hydrogens (tertiary/aromatic N) is 3. The van der Waals surface area contributed by atoms with E-state index in [1.807, 2.05) is 44.2 Å². The summed E-state index contributed by atoms with van der Waals surface area (Å²) < 4.78 is 5.49. The maximum Gasteiger partial charge on any atom is 0.258 e. The Morgan fingerprint density at radius 2 is 1.97 bits per heavy atom. The van der Waals surface area contributed by atoms with Crippen LogP contribution in [0, 0.1) is 0 Å². The summed E-state index contributed by atoms with van der Waals surface area (Å²) in [7, 11) is 0. The van der Waals surface area contributed by atoms with Crippen LogP contribution in [0.3, 0.4) is 0 Å². The largest absolute Gasteiger partial charge is 0.484 e. The molecule has 0 saturated carbocycles. The maximum absolute atomic E-state index is 11.7. The first-order chi connectivity index (χ1) is 14.1. The van der Waals surface area contributed by atoms with Crippen molar-refractivity contribution in [2.45, 2.75) is 19.9 Å². The number of amides is 1. The van der Waals surface area contributed by atoms with Gasteiger partial charge in [-0.05, 0) is 56.3 Å². The third-order valence-electron chi connectivity index (χ3n) is 4.13. The van der Waals surface area contributed by atoms with Crippen LogP contribution in [0.1, 0.15) is 13.8 Å². The molecule has 0 aliphatic carbocycles. The zero-order valence-electron chi connectivity index (χ0n) is 16.1. The summed E-state index contributed by atoms with van der Waals surface area (Å²) in [6, 6.07) is 13.2.